The monoisotopic (exact) mass is 678 g/mol. The Balaban J connectivity index is 1.26. The van der Waals surface area contributed by atoms with Gasteiger partial charge in [-0.3, -0.25) is 0 Å². The van der Waals surface area contributed by atoms with Gasteiger partial charge in [-0.25, -0.2) is 0 Å². The maximum Gasteiger partial charge on any atom is 0.143 e. The lowest BCUT2D eigenvalue weighted by molar-refractivity contribution is 0.670. The van der Waals surface area contributed by atoms with Crippen molar-refractivity contribution in [2.75, 3.05) is 0 Å². The molecule has 53 heavy (non-hydrogen) atoms. The highest BCUT2D eigenvalue weighted by molar-refractivity contribution is 6.25. The highest BCUT2D eigenvalue weighted by atomic mass is 16.3. The Bertz CT molecular complexity index is 3510. The number of rotatable bonds is 4. The van der Waals surface area contributed by atoms with E-state index in [2.05, 4.69) is 60.7 Å². The zero-order valence-electron chi connectivity index (χ0n) is 34.4. The lowest BCUT2D eigenvalue weighted by atomic mass is 9.83. The molecule has 0 amide bonds. The Morgan fingerprint density at radius 2 is 0.943 bits per heavy atom. The van der Waals surface area contributed by atoms with Gasteiger partial charge in [0.15, 0.2) is 0 Å². The number of para-hydroxylation sites is 1. The van der Waals surface area contributed by atoms with Crippen molar-refractivity contribution in [1.82, 2.24) is 0 Å². The Morgan fingerprint density at radius 3 is 1.70 bits per heavy atom. The summed E-state index contributed by atoms with van der Waals surface area (Å²) >= 11 is 0. The van der Waals surface area contributed by atoms with E-state index in [4.69, 9.17) is 7.16 Å². The van der Waals surface area contributed by atoms with Crippen LogP contribution in [0.3, 0.4) is 0 Å². The number of fused-ring (bicyclic) bond motifs is 7. The van der Waals surface area contributed by atoms with E-state index in [0.717, 1.165) is 65.3 Å². The molecule has 0 fully saturated rings. The first kappa shape index (κ1) is 24.3. The van der Waals surface area contributed by atoms with Crippen LogP contribution in [0.25, 0.3) is 110 Å². The average Bonchev–Trinajstić information content (AvgIpc) is 3.67. The fourth-order valence-corrected chi connectivity index (χ4v) is 8.28. The molecular weight excluding hydrogens is 641 g/mol. The van der Waals surface area contributed by atoms with Crippen LogP contribution >= 0.6 is 0 Å². The Hall–Kier alpha value is -6.96. The van der Waals surface area contributed by atoms with Crippen molar-refractivity contribution in [3.8, 4) is 44.5 Å². The summed E-state index contributed by atoms with van der Waals surface area (Å²) in [6, 6.07) is 50.8. The van der Waals surface area contributed by atoms with Gasteiger partial charge in [0.2, 0.25) is 0 Å². The standard InChI is InChI=1S/C52H32O/c1-2-15-34(16-3-1)49-41-20-8-10-22-43(41)50(44-23-11-9-21-42(44)49)45-31-30-40(38-18-6-7-19-39(38)45)46-25-12-26-47-51-37(24-13-27-48(51)53-52(46)47)36-29-28-33-14-4-5-17-35(33)32-36/h1-32H/i6D,7D,18D,19D,30D,31D. The van der Waals surface area contributed by atoms with Crippen LogP contribution in [0.2, 0.25) is 0 Å². The molecule has 246 valence electrons. The summed E-state index contributed by atoms with van der Waals surface area (Å²) in [6.45, 7) is 0. The summed E-state index contributed by atoms with van der Waals surface area (Å²) in [4.78, 5) is 0. The van der Waals surface area contributed by atoms with Crippen LogP contribution < -0.4 is 0 Å². The number of hydrogen-bond donors (Lipinski definition) is 0. The molecule has 0 radical (unpaired) electrons. The quantitative estimate of drug-likeness (QED) is 0.169. The summed E-state index contributed by atoms with van der Waals surface area (Å²) in [5.41, 5.74) is 6.85. The largest absolute Gasteiger partial charge is 0.455 e. The minimum absolute atomic E-state index is 0.134. The van der Waals surface area contributed by atoms with Crippen molar-refractivity contribution < 1.29 is 12.6 Å². The lowest BCUT2D eigenvalue weighted by Crippen LogP contribution is -1.92. The van der Waals surface area contributed by atoms with Crippen LogP contribution in [0.4, 0.5) is 0 Å². The molecule has 10 aromatic carbocycles. The predicted molar refractivity (Wildman–Crippen MR) is 225 cm³/mol. The number of benzene rings is 10. The molecule has 0 aliphatic carbocycles. The molecule has 11 rings (SSSR count). The third kappa shape index (κ3) is 4.58. The number of hydrogen-bond acceptors (Lipinski definition) is 1. The van der Waals surface area contributed by atoms with Crippen molar-refractivity contribution in [3.05, 3.63) is 194 Å². The first-order chi connectivity index (χ1) is 28.8. The predicted octanol–water partition coefficient (Wildman–Crippen LogP) is 14.9. The van der Waals surface area contributed by atoms with Gasteiger partial charge in [0.25, 0.3) is 0 Å². The van der Waals surface area contributed by atoms with Gasteiger partial charge in [0, 0.05) is 16.3 Å². The van der Waals surface area contributed by atoms with E-state index in [1.807, 2.05) is 97.1 Å². The highest BCUT2D eigenvalue weighted by Gasteiger charge is 2.21. The van der Waals surface area contributed by atoms with Gasteiger partial charge in [-0.2, -0.15) is 0 Å². The zero-order valence-corrected chi connectivity index (χ0v) is 28.4. The number of furan rings is 1. The molecule has 0 saturated heterocycles. The zero-order chi connectivity index (χ0) is 40.1. The topological polar surface area (TPSA) is 13.1 Å². The molecule has 0 bridgehead atoms. The molecule has 1 heteroatoms. The Morgan fingerprint density at radius 1 is 0.358 bits per heavy atom. The summed E-state index contributed by atoms with van der Waals surface area (Å²) < 4.78 is 63.3. The minimum Gasteiger partial charge on any atom is -0.455 e. The van der Waals surface area contributed by atoms with E-state index in [9.17, 15) is 5.48 Å². The van der Waals surface area contributed by atoms with Crippen molar-refractivity contribution in [1.29, 1.82) is 0 Å². The summed E-state index contributed by atoms with van der Waals surface area (Å²) in [5.74, 6) is 0. The molecule has 1 aromatic heterocycles. The van der Waals surface area contributed by atoms with Crippen molar-refractivity contribution in [3.63, 3.8) is 0 Å². The molecular formula is C52H32O. The molecule has 0 atom stereocenters. The van der Waals surface area contributed by atoms with E-state index in [1.165, 1.54) is 0 Å². The molecule has 1 nitrogen and oxygen atoms in total. The van der Waals surface area contributed by atoms with Crippen LogP contribution in [0.5, 0.6) is 0 Å². The normalized spacial score (nSPS) is 13.4. The van der Waals surface area contributed by atoms with Crippen LogP contribution in [0, 0.1) is 0 Å². The molecule has 0 N–H and O–H groups in total. The lowest BCUT2D eigenvalue weighted by Gasteiger charge is -2.19. The van der Waals surface area contributed by atoms with Gasteiger partial charge in [0.1, 0.15) is 11.2 Å². The van der Waals surface area contributed by atoms with Gasteiger partial charge < -0.3 is 4.42 Å². The molecule has 0 aliphatic heterocycles. The fraction of sp³-hybridized carbons (Fsp3) is 0. The van der Waals surface area contributed by atoms with Gasteiger partial charge in [-0.1, -0.05) is 182 Å². The van der Waals surface area contributed by atoms with Crippen LogP contribution in [0.1, 0.15) is 8.22 Å². The van der Waals surface area contributed by atoms with E-state index >= 15 is 0 Å². The molecule has 11 aromatic rings. The minimum atomic E-state index is -0.406. The van der Waals surface area contributed by atoms with Crippen molar-refractivity contribution in [2.45, 2.75) is 0 Å². The van der Waals surface area contributed by atoms with Crippen LogP contribution in [-0.2, 0) is 0 Å². The van der Waals surface area contributed by atoms with Gasteiger partial charge in [-0.05, 0) is 94.2 Å². The SMILES string of the molecule is [2H]c1c([2H])c([2H])c2c(-c3cccc4c3oc3cccc(-c5ccc6ccccc6c5)c34)c([2H])c([2H])c(-c3c4ccccc4c(-c4ccccc4)c4ccccc34)c2c1[2H]. The van der Waals surface area contributed by atoms with Crippen molar-refractivity contribution >= 4 is 65.0 Å². The first-order valence-corrected chi connectivity index (χ1v) is 17.8. The fourth-order valence-electron chi connectivity index (χ4n) is 8.28. The maximum atomic E-state index is 9.92. The van der Waals surface area contributed by atoms with Gasteiger partial charge >= 0.3 is 0 Å². The van der Waals surface area contributed by atoms with Crippen LogP contribution in [0.15, 0.2) is 198 Å². The smallest absolute Gasteiger partial charge is 0.143 e. The van der Waals surface area contributed by atoms with E-state index < -0.39 is 12.1 Å². The van der Waals surface area contributed by atoms with Crippen LogP contribution in [-0.4, -0.2) is 0 Å². The van der Waals surface area contributed by atoms with Gasteiger partial charge in [-0.15, -0.1) is 0 Å². The average molecular weight is 679 g/mol. The van der Waals surface area contributed by atoms with E-state index in [-0.39, 0.29) is 40.5 Å². The molecule has 0 aliphatic rings. The third-order valence-electron chi connectivity index (χ3n) is 10.6. The highest BCUT2D eigenvalue weighted by Crippen LogP contribution is 2.48. The maximum absolute atomic E-state index is 9.92. The van der Waals surface area contributed by atoms with Crippen molar-refractivity contribution in [2.24, 2.45) is 0 Å². The summed E-state index contributed by atoms with van der Waals surface area (Å²) in [7, 11) is 0. The Labute approximate surface area is 315 Å². The molecule has 1 heterocycles. The second kappa shape index (κ2) is 11.8. The van der Waals surface area contributed by atoms with E-state index in [0.29, 0.717) is 27.9 Å². The second-order valence-corrected chi connectivity index (χ2v) is 13.5. The molecule has 0 unspecified atom stereocenters. The first-order valence-electron chi connectivity index (χ1n) is 20.8. The van der Waals surface area contributed by atoms with E-state index in [1.54, 1.807) is 0 Å². The molecule has 0 saturated carbocycles. The third-order valence-corrected chi connectivity index (χ3v) is 10.6. The summed E-state index contributed by atoms with van der Waals surface area (Å²) in [6.07, 6.45) is 0. The Kier molecular flexibility index (Phi) is 5.40. The van der Waals surface area contributed by atoms with Gasteiger partial charge in [0.05, 0.1) is 8.22 Å². The molecule has 0 spiro atoms. The summed E-state index contributed by atoms with van der Waals surface area (Å²) in [5, 5.41) is 7.85. The second-order valence-electron chi connectivity index (χ2n) is 13.5.